The Hall–Kier alpha value is -3.08. The summed E-state index contributed by atoms with van der Waals surface area (Å²) in [6, 6.07) is 3.61. The molecular weight excluding hydrogens is 338 g/mol. The Morgan fingerprint density at radius 3 is 3.00 bits per heavy atom. The maximum absolute atomic E-state index is 12.5. The third-order valence-electron chi connectivity index (χ3n) is 4.49. The van der Waals surface area contributed by atoms with Crippen molar-refractivity contribution in [2.75, 3.05) is 6.54 Å². The second kappa shape index (κ2) is 6.67. The van der Waals surface area contributed by atoms with Crippen LogP contribution in [0.5, 0.6) is 0 Å². The Morgan fingerprint density at radius 1 is 1.38 bits per heavy atom. The summed E-state index contributed by atoms with van der Waals surface area (Å²) in [5.74, 6) is -0.0549. The van der Waals surface area contributed by atoms with Gasteiger partial charge in [0.05, 0.1) is 23.6 Å². The van der Waals surface area contributed by atoms with Gasteiger partial charge in [-0.1, -0.05) is 0 Å². The number of aliphatic hydroxyl groups is 1. The van der Waals surface area contributed by atoms with Gasteiger partial charge < -0.3 is 10.0 Å². The van der Waals surface area contributed by atoms with Crippen molar-refractivity contribution in [3.8, 4) is 0 Å². The normalized spacial score (nSPS) is 15.5. The molecule has 0 bridgehead atoms. The fourth-order valence-electron chi connectivity index (χ4n) is 3.13. The molecule has 0 spiro atoms. The minimum atomic E-state index is -0.854. The number of carbonyl (C=O) groups excluding carboxylic acids is 1. The van der Waals surface area contributed by atoms with E-state index in [0.29, 0.717) is 31.0 Å². The number of rotatable bonds is 4. The van der Waals surface area contributed by atoms with Gasteiger partial charge in [-0.25, -0.2) is 4.68 Å². The van der Waals surface area contributed by atoms with Crippen LogP contribution in [0.1, 0.15) is 29.6 Å². The molecule has 3 aromatic rings. The molecule has 1 aliphatic rings. The van der Waals surface area contributed by atoms with E-state index in [1.54, 1.807) is 28.9 Å². The van der Waals surface area contributed by atoms with Crippen molar-refractivity contribution in [3.63, 3.8) is 0 Å². The van der Waals surface area contributed by atoms with Crippen molar-refractivity contribution >= 4 is 5.91 Å². The van der Waals surface area contributed by atoms with Crippen LogP contribution in [0.4, 0.5) is 0 Å². The van der Waals surface area contributed by atoms with Crippen LogP contribution in [0.25, 0.3) is 0 Å². The van der Waals surface area contributed by atoms with Gasteiger partial charge in [0.2, 0.25) is 5.91 Å². The third-order valence-corrected chi connectivity index (χ3v) is 4.49. The average Bonchev–Trinajstić information content (AvgIpc) is 3.34. The van der Waals surface area contributed by atoms with Crippen molar-refractivity contribution < 1.29 is 9.90 Å². The van der Waals surface area contributed by atoms with Gasteiger partial charge in [-0.15, -0.1) is 5.10 Å². The number of carbonyl (C=O) groups is 1. The maximum Gasteiger partial charge on any atom is 0.244 e. The van der Waals surface area contributed by atoms with Gasteiger partial charge in [-0.2, -0.15) is 10.2 Å². The molecular formula is C15H19N9O2. The van der Waals surface area contributed by atoms with E-state index in [-0.39, 0.29) is 12.5 Å². The first-order valence-corrected chi connectivity index (χ1v) is 8.33. The first-order chi connectivity index (χ1) is 12.6. The highest BCUT2D eigenvalue weighted by Gasteiger charge is 2.24. The molecule has 136 valence electrons. The van der Waals surface area contributed by atoms with Crippen LogP contribution in [0.2, 0.25) is 0 Å². The number of aryl methyl sites for hydroxylation is 2. The second-order valence-corrected chi connectivity index (χ2v) is 6.24. The molecule has 4 rings (SSSR count). The molecule has 1 N–H and O–H groups in total. The SMILES string of the molecule is Cn1nccc1C(O)c1cc2n(n1)CCCN(C(=O)Cn1cnnn1)C2. The van der Waals surface area contributed by atoms with Crippen LogP contribution in [0.15, 0.2) is 24.7 Å². The number of amides is 1. The average molecular weight is 357 g/mol. The van der Waals surface area contributed by atoms with Gasteiger partial charge in [-0.05, 0) is 29.0 Å². The molecule has 11 heteroatoms. The summed E-state index contributed by atoms with van der Waals surface area (Å²) < 4.78 is 4.89. The molecule has 1 atom stereocenters. The molecule has 0 radical (unpaired) electrons. The first kappa shape index (κ1) is 16.4. The Balaban J connectivity index is 1.52. The van der Waals surface area contributed by atoms with E-state index in [2.05, 4.69) is 25.7 Å². The van der Waals surface area contributed by atoms with Crippen molar-refractivity contribution in [1.29, 1.82) is 0 Å². The minimum absolute atomic E-state index is 0.0549. The lowest BCUT2D eigenvalue weighted by Gasteiger charge is -2.19. The van der Waals surface area contributed by atoms with E-state index in [1.807, 2.05) is 10.7 Å². The largest absolute Gasteiger partial charge is 0.380 e. The summed E-state index contributed by atoms with van der Waals surface area (Å²) >= 11 is 0. The number of fused-ring (bicyclic) bond motifs is 1. The van der Waals surface area contributed by atoms with Crippen molar-refractivity contribution in [1.82, 2.24) is 44.7 Å². The Kier molecular flexibility index (Phi) is 4.21. The lowest BCUT2D eigenvalue weighted by Crippen LogP contribution is -2.33. The summed E-state index contributed by atoms with van der Waals surface area (Å²) in [6.07, 6.45) is 2.99. The molecule has 0 aliphatic carbocycles. The lowest BCUT2D eigenvalue weighted by atomic mass is 10.2. The maximum atomic E-state index is 12.5. The standard InChI is InChI=1S/C15H19N9O2/c1-21-13(3-4-17-21)15(26)12-7-11-8-22(5-2-6-24(11)18-12)14(25)9-23-10-16-19-20-23/h3-4,7,10,15,26H,2,5-6,8-9H2,1H3. The Morgan fingerprint density at radius 2 is 2.27 bits per heavy atom. The third kappa shape index (κ3) is 3.08. The molecule has 11 nitrogen and oxygen atoms in total. The van der Waals surface area contributed by atoms with Crippen LogP contribution in [0, 0.1) is 0 Å². The number of aromatic nitrogens is 8. The van der Waals surface area contributed by atoms with Crippen molar-refractivity contribution in [2.45, 2.75) is 32.2 Å². The number of hydrogen-bond acceptors (Lipinski definition) is 7. The molecule has 1 amide bonds. The molecule has 0 aromatic carbocycles. The predicted molar refractivity (Wildman–Crippen MR) is 87.3 cm³/mol. The highest BCUT2D eigenvalue weighted by Crippen LogP contribution is 2.23. The van der Waals surface area contributed by atoms with Crippen LogP contribution in [-0.4, -0.2) is 62.2 Å². The van der Waals surface area contributed by atoms with Crippen LogP contribution < -0.4 is 0 Å². The smallest absolute Gasteiger partial charge is 0.244 e. The van der Waals surface area contributed by atoms with Gasteiger partial charge in [0.1, 0.15) is 19.0 Å². The van der Waals surface area contributed by atoms with Gasteiger partial charge >= 0.3 is 0 Å². The number of tetrazole rings is 1. The summed E-state index contributed by atoms with van der Waals surface area (Å²) in [4.78, 5) is 14.3. The second-order valence-electron chi connectivity index (χ2n) is 6.24. The minimum Gasteiger partial charge on any atom is -0.380 e. The topological polar surface area (TPSA) is 120 Å². The quantitative estimate of drug-likeness (QED) is 0.643. The fourth-order valence-corrected chi connectivity index (χ4v) is 3.13. The zero-order chi connectivity index (χ0) is 18.1. The number of hydrogen-bond donors (Lipinski definition) is 1. The molecule has 3 aromatic heterocycles. The summed E-state index contributed by atoms with van der Waals surface area (Å²) in [5.41, 5.74) is 2.12. The fraction of sp³-hybridized carbons (Fsp3) is 0.467. The molecule has 26 heavy (non-hydrogen) atoms. The van der Waals surface area contributed by atoms with Gasteiger partial charge in [-0.3, -0.25) is 14.2 Å². The summed E-state index contributed by atoms with van der Waals surface area (Å²) in [6.45, 7) is 1.88. The molecule has 0 saturated heterocycles. The van der Waals surface area contributed by atoms with Crippen LogP contribution in [-0.2, 0) is 31.5 Å². The zero-order valence-electron chi connectivity index (χ0n) is 14.3. The van der Waals surface area contributed by atoms with E-state index in [0.717, 1.165) is 12.1 Å². The van der Waals surface area contributed by atoms with E-state index in [1.165, 1.54) is 11.0 Å². The molecule has 0 saturated carbocycles. The van der Waals surface area contributed by atoms with Gasteiger partial charge in [0.25, 0.3) is 0 Å². The number of aliphatic hydroxyl groups excluding tert-OH is 1. The Labute approximate surface area is 148 Å². The van der Waals surface area contributed by atoms with Crippen LogP contribution >= 0.6 is 0 Å². The molecule has 4 heterocycles. The molecule has 1 aliphatic heterocycles. The molecule has 0 fully saturated rings. The van der Waals surface area contributed by atoms with Crippen LogP contribution in [0.3, 0.4) is 0 Å². The Bertz CT molecular complexity index is 898. The predicted octanol–water partition coefficient (Wildman–Crippen LogP) is -0.883. The van der Waals surface area contributed by atoms with Crippen molar-refractivity contribution in [3.05, 3.63) is 41.7 Å². The summed E-state index contributed by atoms with van der Waals surface area (Å²) in [5, 5.41) is 30.0. The monoisotopic (exact) mass is 357 g/mol. The van der Waals surface area contributed by atoms with Gasteiger partial charge in [0.15, 0.2) is 0 Å². The lowest BCUT2D eigenvalue weighted by molar-refractivity contribution is -0.132. The highest BCUT2D eigenvalue weighted by molar-refractivity contribution is 5.75. The van der Waals surface area contributed by atoms with Gasteiger partial charge in [0, 0.05) is 26.3 Å². The summed E-state index contributed by atoms with van der Waals surface area (Å²) in [7, 11) is 1.78. The van der Waals surface area contributed by atoms with E-state index < -0.39 is 6.10 Å². The highest BCUT2D eigenvalue weighted by atomic mass is 16.3. The molecule has 1 unspecified atom stereocenters. The van der Waals surface area contributed by atoms with Crippen molar-refractivity contribution in [2.24, 2.45) is 7.05 Å². The first-order valence-electron chi connectivity index (χ1n) is 8.33. The van der Waals surface area contributed by atoms with E-state index in [9.17, 15) is 9.90 Å². The number of nitrogens with zero attached hydrogens (tertiary/aromatic N) is 9. The van der Waals surface area contributed by atoms with E-state index in [4.69, 9.17) is 0 Å². The van der Waals surface area contributed by atoms with E-state index >= 15 is 0 Å². The zero-order valence-corrected chi connectivity index (χ0v) is 14.3.